The highest BCUT2D eigenvalue weighted by molar-refractivity contribution is 5.77. The fourth-order valence-corrected chi connectivity index (χ4v) is 2.73. The molecule has 3 rings (SSSR count). The lowest BCUT2D eigenvalue weighted by Crippen LogP contribution is -2.28. The number of aromatic nitrogens is 1. The number of nitrogens with one attached hydrogen (secondary N) is 1. The summed E-state index contributed by atoms with van der Waals surface area (Å²) in [6, 6.07) is 11.1. The van der Waals surface area contributed by atoms with Crippen LogP contribution in [0, 0.1) is 0 Å². The number of carbonyl (C=O) groups excluding carboxylic acids is 1. The molecule has 1 aliphatic rings. The molecule has 0 atom stereocenters. The van der Waals surface area contributed by atoms with Crippen molar-refractivity contribution in [2.24, 2.45) is 0 Å². The molecule has 0 saturated carbocycles. The van der Waals surface area contributed by atoms with E-state index in [0.717, 1.165) is 30.2 Å². The summed E-state index contributed by atoms with van der Waals surface area (Å²) < 4.78 is 10.5. The first-order valence-corrected chi connectivity index (χ1v) is 8.48. The van der Waals surface area contributed by atoms with Crippen molar-refractivity contribution in [2.45, 2.75) is 19.4 Å². The molecule has 2 aromatic rings. The van der Waals surface area contributed by atoms with Crippen LogP contribution in [0.5, 0.6) is 11.5 Å². The van der Waals surface area contributed by atoms with Gasteiger partial charge in [-0.25, -0.2) is 4.98 Å². The summed E-state index contributed by atoms with van der Waals surface area (Å²) in [7, 11) is 1.61. The van der Waals surface area contributed by atoms with Crippen molar-refractivity contribution in [1.29, 1.82) is 0 Å². The van der Waals surface area contributed by atoms with Crippen LogP contribution < -0.4 is 19.7 Å². The van der Waals surface area contributed by atoms with Crippen molar-refractivity contribution in [1.82, 2.24) is 10.3 Å². The first-order valence-electron chi connectivity index (χ1n) is 8.48. The minimum atomic E-state index is -0.167. The van der Waals surface area contributed by atoms with Crippen LogP contribution in [0.1, 0.15) is 18.4 Å². The van der Waals surface area contributed by atoms with Crippen molar-refractivity contribution in [3.63, 3.8) is 0 Å². The second-order valence-electron chi connectivity index (χ2n) is 5.96. The maximum Gasteiger partial charge on any atom is 0.258 e. The Kier molecular flexibility index (Phi) is 5.72. The van der Waals surface area contributed by atoms with E-state index in [9.17, 15) is 4.79 Å². The normalized spacial score (nSPS) is 13.6. The fourth-order valence-electron chi connectivity index (χ4n) is 2.73. The minimum Gasteiger partial charge on any atom is -0.497 e. The molecule has 0 spiro atoms. The van der Waals surface area contributed by atoms with E-state index in [1.807, 2.05) is 18.3 Å². The predicted octanol–water partition coefficient (Wildman–Crippen LogP) is 2.39. The van der Waals surface area contributed by atoms with Crippen LogP contribution in [0.3, 0.4) is 0 Å². The third-order valence-corrected chi connectivity index (χ3v) is 4.16. The number of hydrogen-bond acceptors (Lipinski definition) is 5. The third kappa shape index (κ3) is 4.86. The molecule has 1 aromatic heterocycles. The average molecular weight is 341 g/mol. The monoisotopic (exact) mass is 341 g/mol. The van der Waals surface area contributed by atoms with Gasteiger partial charge >= 0.3 is 0 Å². The maximum atomic E-state index is 11.9. The Hall–Kier alpha value is -2.76. The smallest absolute Gasteiger partial charge is 0.258 e. The Morgan fingerprint density at radius 3 is 2.48 bits per heavy atom. The number of carbonyl (C=O) groups is 1. The molecule has 1 fully saturated rings. The molecule has 0 unspecified atom stereocenters. The molecule has 2 heterocycles. The SMILES string of the molecule is COc1ccc(OCC(=O)NCc2ccc(N3CCCC3)nc2)cc1. The Labute approximate surface area is 147 Å². The highest BCUT2D eigenvalue weighted by Crippen LogP contribution is 2.18. The second kappa shape index (κ2) is 8.37. The zero-order valence-corrected chi connectivity index (χ0v) is 14.4. The Morgan fingerprint density at radius 2 is 1.84 bits per heavy atom. The van der Waals surface area contributed by atoms with Gasteiger partial charge in [-0.2, -0.15) is 0 Å². The molecule has 6 heteroatoms. The fraction of sp³-hybridized carbons (Fsp3) is 0.368. The summed E-state index contributed by atoms with van der Waals surface area (Å²) in [5.41, 5.74) is 0.973. The van der Waals surface area contributed by atoms with Gasteiger partial charge < -0.3 is 19.7 Å². The van der Waals surface area contributed by atoms with Gasteiger partial charge in [0.25, 0.3) is 5.91 Å². The Bertz CT molecular complexity index is 680. The van der Waals surface area contributed by atoms with Crippen LogP contribution in [-0.4, -0.2) is 37.7 Å². The molecular formula is C19H23N3O3. The van der Waals surface area contributed by atoms with E-state index >= 15 is 0 Å². The highest BCUT2D eigenvalue weighted by Gasteiger charge is 2.13. The van der Waals surface area contributed by atoms with Crippen molar-refractivity contribution in [2.75, 3.05) is 31.7 Å². The van der Waals surface area contributed by atoms with Crippen LogP contribution in [0.4, 0.5) is 5.82 Å². The number of ether oxygens (including phenoxy) is 2. The average Bonchev–Trinajstić information content (AvgIpc) is 3.20. The minimum absolute atomic E-state index is 0.0222. The van der Waals surface area contributed by atoms with Gasteiger partial charge in [0.05, 0.1) is 7.11 Å². The lowest BCUT2D eigenvalue weighted by atomic mass is 10.2. The van der Waals surface area contributed by atoms with Crippen LogP contribution in [-0.2, 0) is 11.3 Å². The van der Waals surface area contributed by atoms with Crippen LogP contribution >= 0.6 is 0 Å². The van der Waals surface area contributed by atoms with Gasteiger partial charge in [0.15, 0.2) is 6.61 Å². The molecular weight excluding hydrogens is 318 g/mol. The van der Waals surface area contributed by atoms with Crippen molar-refractivity contribution < 1.29 is 14.3 Å². The van der Waals surface area contributed by atoms with E-state index < -0.39 is 0 Å². The van der Waals surface area contributed by atoms with Crippen molar-refractivity contribution in [3.05, 3.63) is 48.2 Å². The van der Waals surface area contributed by atoms with Crippen LogP contribution in [0.25, 0.3) is 0 Å². The van der Waals surface area contributed by atoms with Gasteiger partial charge in [-0.15, -0.1) is 0 Å². The molecule has 1 amide bonds. The van der Waals surface area contributed by atoms with Gasteiger partial charge in [-0.05, 0) is 48.7 Å². The summed E-state index contributed by atoms with van der Waals surface area (Å²) in [5.74, 6) is 2.23. The number of pyridine rings is 1. The highest BCUT2D eigenvalue weighted by atomic mass is 16.5. The molecule has 1 N–H and O–H groups in total. The third-order valence-electron chi connectivity index (χ3n) is 4.16. The largest absolute Gasteiger partial charge is 0.497 e. The molecule has 0 bridgehead atoms. The topological polar surface area (TPSA) is 63.7 Å². The van der Waals surface area contributed by atoms with Gasteiger partial charge in [-0.1, -0.05) is 6.07 Å². The van der Waals surface area contributed by atoms with Gasteiger partial charge in [-0.3, -0.25) is 4.79 Å². The van der Waals surface area contributed by atoms with E-state index in [-0.39, 0.29) is 12.5 Å². The molecule has 1 saturated heterocycles. The van der Waals surface area contributed by atoms with E-state index in [1.165, 1.54) is 12.8 Å². The summed E-state index contributed by atoms with van der Waals surface area (Å²) in [4.78, 5) is 18.7. The van der Waals surface area contributed by atoms with Crippen LogP contribution in [0.15, 0.2) is 42.6 Å². The van der Waals surface area contributed by atoms with E-state index in [0.29, 0.717) is 12.3 Å². The summed E-state index contributed by atoms with van der Waals surface area (Å²) in [6.45, 7) is 2.57. The summed E-state index contributed by atoms with van der Waals surface area (Å²) in [6.07, 6.45) is 4.28. The molecule has 1 aliphatic heterocycles. The molecule has 1 aromatic carbocycles. The zero-order valence-electron chi connectivity index (χ0n) is 14.4. The standard InChI is InChI=1S/C19H23N3O3/c1-24-16-5-7-17(8-6-16)25-14-19(23)21-13-15-4-9-18(20-12-15)22-10-2-3-11-22/h4-9,12H,2-3,10-11,13-14H2,1H3,(H,21,23). The lowest BCUT2D eigenvalue weighted by molar-refractivity contribution is -0.123. The molecule has 0 aliphatic carbocycles. The summed E-state index contributed by atoms with van der Waals surface area (Å²) in [5, 5.41) is 2.84. The quantitative estimate of drug-likeness (QED) is 0.838. The lowest BCUT2D eigenvalue weighted by Gasteiger charge is -2.16. The molecule has 0 radical (unpaired) electrons. The van der Waals surface area contributed by atoms with E-state index in [2.05, 4.69) is 15.2 Å². The van der Waals surface area contributed by atoms with Gasteiger partial charge in [0.2, 0.25) is 0 Å². The number of methoxy groups -OCH3 is 1. The molecule has 132 valence electrons. The second-order valence-corrected chi connectivity index (χ2v) is 5.96. The Balaban J connectivity index is 1.42. The number of rotatable bonds is 7. The summed E-state index contributed by atoms with van der Waals surface area (Å²) >= 11 is 0. The number of nitrogens with zero attached hydrogens (tertiary/aromatic N) is 2. The van der Waals surface area contributed by atoms with E-state index in [4.69, 9.17) is 9.47 Å². The first-order chi connectivity index (χ1) is 12.2. The zero-order chi connectivity index (χ0) is 17.5. The predicted molar refractivity (Wildman–Crippen MR) is 96.0 cm³/mol. The number of anilines is 1. The van der Waals surface area contributed by atoms with Crippen molar-refractivity contribution in [3.8, 4) is 11.5 Å². The van der Waals surface area contributed by atoms with E-state index in [1.54, 1.807) is 31.4 Å². The molecule has 6 nitrogen and oxygen atoms in total. The van der Waals surface area contributed by atoms with Crippen LogP contribution in [0.2, 0.25) is 0 Å². The van der Waals surface area contributed by atoms with Gasteiger partial charge in [0, 0.05) is 25.8 Å². The first kappa shape index (κ1) is 17.1. The number of hydrogen-bond donors (Lipinski definition) is 1. The number of amides is 1. The number of benzene rings is 1. The van der Waals surface area contributed by atoms with Gasteiger partial charge in [0.1, 0.15) is 17.3 Å². The Morgan fingerprint density at radius 1 is 1.12 bits per heavy atom. The molecule has 25 heavy (non-hydrogen) atoms. The van der Waals surface area contributed by atoms with Crippen molar-refractivity contribution >= 4 is 11.7 Å². The maximum absolute atomic E-state index is 11.9.